The second-order valence-electron chi connectivity index (χ2n) is 2.78. The average Bonchev–Trinajstić information content (AvgIpc) is 2.17. The van der Waals surface area contributed by atoms with Crippen LogP contribution in [0.15, 0.2) is 23.1 Å². The quantitative estimate of drug-likeness (QED) is 0.397. The molecule has 15 heavy (non-hydrogen) atoms. The number of carbonyl (C=O) groups excluding carboxylic acids is 1. The number of anilines is 1. The van der Waals surface area contributed by atoms with E-state index in [2.05, 4.69) is 22.6 Å². The van der Waals surface area contributed by atoms with Crippen molar-refractivity contribution in [2.24, 2.45) is 0 Å². The molecule has 0 radical (unpaired) electrons. The van der Waals surface area contributed by atoms with E-state index < -0.39 is 0 Å². The molecule has 3 nitrogen and oxygen atoms in total. The molecule has 0 unspecified atom stereocenters. The molecule has 0 aliphatic rings. The number of esters is 1. The first-order chi connectivity index (χ1) is 7.13. The topological polar surface area (TPSA) is 52.3 Å². The van der Waals surface area contributed by atoms with Gasteiger partial charge in [-0.3, -0.25) is 4.79 Å². The van der Waals surface area contributed by atoms with Crippen LogP contribution in [-0.2, 0) is 9.53 Å². The molecule has 0 spiro atoms. The number of nitrogen functional groups attached to an aromatic ring is 1. The third kappa shape index (κ3) is 4.29. The second kappa shape index (κ2) is 6.22. The van der Waals surface area contributed by atoms with Crippen LogP contribution in [0, 0.1) is 3.57 Å². The Labute approximate surface area is 107 Å². The predicted molar refractivity (Wildman–Crippen MR) is 70.9 cm³/mol. The van der Waals surface area contributed by atoms with Crippen molar-refractivity contribution in [3.8, 4) is 0 Å². The van der Waals surface area contributed by atoms with Crippen molar-refractivity contribution >= 4 is 46.0 Å². The van der Waals surface area contributed by atoms with Crippen LogP contribution < -0.4 is 5.73 Å². The fraction of sp³-hybridized carbons (Fsp3) is 0.300. The molecule has 0 saturated heterocycles. The smallest absolute Gasteiger partial charge is 0.316 e. The van der Waals surface area contributed by atoms with Crippen LogP contribution in [0.4, 0.5) is 5.69 Å². The van der Waals surface area contributed by atoms with Gasteiger partial charge in [-0.25, -0.2) is 0 Å². The number of rotatable bonds is 4. The Morgan fingerprint density at radius 1 is 1.60 bits per heavy atom. The van der Waals surface area contributed by atoms with Crippen molar-refractivity contribution in [2.75, 3.05) is 18.1 Å². The Morgan fingerprint density at radius 2 is 2.33 bits per heavy atom. The van der Waals surface area contributed by atoms with Crippen LogP contribution in [0.2, 0.25) is 0 Å². The van der Waals surface area contributed by atoms with E-state index in [-0.39, 0.29) is 5.97 Å². The Hall–Kier alpha value is -0.430. The van der Waals surface area contributed by atoms with Crippen molar-refractivity contribution < 1.29 is 9.53 Å². The van der Waals surface area contributed by atoms with Crippen LogP contribution in [0.25, 0.3) is 0 Å². The number of thioether (sulfide) groups is 1. The second-order valence-corrected chi connectivity index (χ2v) is 4.96. The lowest BCUT2D eigenvalue weighted by Gasteiger charge is -2.04. The third-order valence-corrected chi connectivity index (χ3v) is 3.91. The monoisotopic (exact) mass is 337 g/mol. The Kier molecular flexibility index (Phi) is 5.24. The standard InChI is InChI=1S/C10H12INO2S/c1-2-14-10(13)6-15-9-4-3-7(12)5-8(9)11/h3-5H,2,6,12H2,1H3. The largest absolute Gasteiger partial charge is 0.465 e. The van der Waals surface area contributed by atoms with Gasteiger partial charge in [0.15, 0.2) is 0 Å². The molecular weight excluding hydrogens is 325 g/mol. The van der Waals surface area contributed by atoms with Gasteiger partial charge in [0.25, 0.3) is 0 Å². The number of ether oxygens (including phenoxy) is 1. The van der Waals surface area contributed by atoms with Crippen molar-refractivity contribution in [3.05, 3.63) is 21.8 Å². The SMILES string of the molecule is CCOC(=O)CSc1ccc(N)cc1I. The third-order valence-electron chi connectivity index (χ3n) is 1.61. The van der Waals surface area contributed by atoms with Gasteiger partial charge < -0.3 is 10.5 Å². The normalized spacial score (nSPS) is 10.0. The first-order valence-corrected chi connectivity index (χ1v) is 6.53. The summed E-state index contributed by atoms with van der Waals surface area (Å²) in [5.41, 5.74) is 6.36. The molecule has 0 saturated carbocycles. The van der Waals surface area contributed by atoms with E-state index in [4.69, 9.17) is 10.5 Å². The average molecular weight is 337 g/mol. The fourth-order valence-corrected chi connectivity index (χ4v) is 2.70. The first kappa shape index (κ1) is 12.6. The highest BCUT2D eigenvalue weighted by Gasteiger charge is 2.05. The summed E-state index contributed by atoms with van der Waals surface area (Å²) >= 11 is 3.67. The van der Waals surface area contributed by atoms with Gasteiger partial charge in [0.05, 0.1) is 12.4 Å². The van der Waals surface area contributed by atoms with Gasteiger partial charge in [0.1, 0.15) is 0 Å². The number of hydrogen-bond donors (Lipinski definition) is 1. The number of benzene rings is 1. The van der Waals surface area contributed by atoms with Gasteiger partial charge in [-0.15, -0.1) is 11.8 Å². The Morgan fingerprint density at radius 3 is 2.93 bits per heavy atom. The highest BCUT2D eigenvalue weighted by molar-refractivity contribution is 14.1. The Bertz CT molecular complexity index is 357. The zero-order valence-corrected chi connectivity index (χ0v) is 11.3. The molecule has 0 heterocycles. The minimum absolute atomic E-state index is 0.185. The molecule has 0 amide bonds. The number of nitrogens with two attached hydrogens (primary N) is 1. The van der Waals surface area contributed by atoms with Gasteiger partial charge >= 0.3 is 5.97 Å². The molecule has 0 bridgehead atoms. The maximum absolute atomic E-state index is 11.1. The molecule has 0 atom stereocenters. The molecule has 0 fully saturated rings. The lowest BCUT2D eigenvalue weighted by atomic mass is 10.3. The predicted octanol–water partition coefficient (Wildman–Crippen LogP) is 2.53. The highest BCUT2D eigenvalue weighted by atomic mass is 127. The van der Waals surface area contributed by atoms with Crippen LogP contribution in [0.5, 0.6) is 0 Å². The molecule has 0 aromatic heterocycles. The van der Waals surface area contributed by atoms with Crippen molar-refractivity contribution in [1.29, 1.82) is 0 Å². The van der Waals surface area contributed by atoms with E-state index in [1.807, 2.05) is 18.2 Å². The minimum Gasteiger partial charge on any atom is -0.465 e. The van der Waals surface area contributed by atoms with E-state index in [1.165, 1.54) is 11.8 Å². The maximum Gasteiger partial charge on any atom is 0.316 e. The summed E-state index contributed by atoms with van der Waals surface area (Å²) < 4.78 is 5.90. The lowest BCUT2D eigenvalue weighted by Crippen LogP contribution is -2.06. The van der Waals surface area contributed by atoms with Crippen LogP contribution in [0.1, 0.15) is 6.92 Å². The van der Waals surface area contributed by atoms with E-state index in [0.29, 0.717) is 12.4 Å². The zero-order valence-electron chi connectivity index (χ0n) is 8.33. The van der Waals surface area contributed by atoms with Gasteiger partial charge in [-0.2, -0.15) is 0 Å². The Balaban J connectivity index is 2.54. The van der Waals surface area contributed by atoms with Crippen molar-refractivity contribution in [1.82, 2.24) is 0 Å². The highest BCUT2D eigenvalue weighted by Crippen LogP contribution is 2.26. The van der Waals surface area contributed by atoms with E-state index in [1.54, 1.807) is 6.92 Å². The van der Waals surface area contributed by atoms with Gasteiger partial charge in [-0.1, -0.05) is 0 Å². The molecule has 1 aromatic rings. The van der Waals surface area contributed by atoms with Crippen molar-refractivity contribution in [3.63, 3.8) is 0 Å². The van der Waals surface area contributed by atoms with Gasteiger partial charge in [-0.05, 0) is 47.7 Å². The number of hydrogen-bond acceptors (Lipinski definition) is 4. The van der Waals surface area contributed by atoms with Gasteiger partial charge in [0, 0.05) is 14.2 Å². The van der Waals surface area contributed by atoms with E-state index >= 15 is 0 Å². The summed E-state index contributed by atoms with van der Waals surface area (Å²) in [5, 5.41) is 0. The summed E-state index contributed by atoms with van der Waals surface area (Å²) in [6, 6.07) is 5.63. The molecule has 2 N–H and O–H groups in total. The number of carbonyl (C=O) groups is 1. The molecule has 1 rings (SSSR count). The molecule has 5 heteroatoms. The minimum atomic E-state index is -0.185. The zero-order chi connectivity index (χ0) is 11.3. The summed E-state index contributed by atoms with van der Waals surface area (Å²) in [7, 11) is 0. The summed E-state index contributed by atoms with van der Waals surface area (Å²) in [4.78, 5) is 12.2. The van der Waals surface area contributed by atoms with Crippen LogP contribution >= 0.6 is 34.4 Å². The van der Waals surface area contributed by atoms with Crippen molar-refractivity contribution in [2.45, 2.75) is 11.8 Å². The lowest BCUT2D eigenvalue weighted by molar-refractivity contribution is -0.139. The molecular formula is C10H12INO2S. The molecule has 82 valence electrons. The van der Waals surface area contributed by atoms with E-state index in [9.17, 15) is 4.79 Å². The molecule has 1 aromatic carbocycles. The van der Waals surface area contributed by atoms with E-state index in [0.717, 1.165) is 14.2 Å². The summed E-state index contributed by atoms with van der Waals surface area (Å²) in [6.07, 6.45) is 0. The van der Waals surface area contributed by atoms with Crippen LogP contribution in [0.3, 0.4) is 0 Å². The van der Waals surface area contributed by atoms with Gasteiger partial charge in [0.2, 0.25) is 0 Å². The molecule has 0 aliphatic carbocycles. The first-order valence-electron chi connectivity index (χ1n) is 4.47. The summed E-state index contributed by atoms with van der Waals surface area (Å²) in [6.45, 7) is 2.23. The van der Waals surface area contributed by atoms with Crippen LogP contribution in [-0.4, -0.2) is 18.3 Å². The maximum atomic E-state index is 11.1. The fourth-order valence-electron chi connectivity index (χ4n) is 0.973. The number of halogens is 1. The summed E-state index contributed by atoms with van der Waals surface area (Å²) in [5.74, 6) is 0.156. The molecule has 0 aliphatic heterocycles.